The molecule has 33 heavy (non-hydrogen) atoms. The number of nitrogens with two attached hydrogens (primary N) is 1. The zero-order valence-electron chi connectivity index (χ0n) is 17.5. The molecule has 182 valence electrons. The van der Waals surface area contributed by atoms with Crippen molar-refractivity contribution in [1.29, 1.82) is 0 Å². The van der Waals surface area contributed by atoms with Crippen LogP contribution < -0.4 is 22.3 Å². The highest BCUT2D eigenvalue weighted by Gasteiger charge is 2.52. The number of aromatic nitrogens is 2. The number of nitrogens with one attached hydrogen (secondary N) is 2. The molecule has 15 heteroatoms. The van der Waals surface area contributed by atoms with Crippen molar-refractivity contribution in [2.45, 2.75) is 49.1 Å². The second-order valence-corrected chi connectivity index (χ2v) is 7.24. The highest BCUT2D eigenvalue weighted by Crippen LogP contribution is 2.34. The first-order chi connectivity index (χ1) is 15.6. The van der Waals surface area contributed by atoms with E-state index in [2.05, 4.69) is 5.32 Å². The topological polar surface area (TPSA) is 225 Å². The van der Waals surface area contributed by atoms with Crippen LogP contribution in [0.25, 0.3) is 0 Å². The van der Waals surface area contributed by atoms with Gasteiger partial charge in [0.05, 0.1) is 0 Å². The van der Waals surface area contributed by atoms with E-state index in [0.29, 0.717) is 0 Å². The minimum atomic E-state index is -1.73. The summed E-state index contributed by atoms with van der Waals surface area (Å²) >= 11 is 0. The molecule has 1 fully saturated rings. The number of amides is 2. The molecule has 3 heterocycles. The molecular formula is C18H24N4O11. The summed E-state index contributed by atoms with van der Waals surface area (Å²) in [6, 6.07) is 1.02. The van der Waals surface area contributed by atoms with Gasteiger partial charge in [0.25, 0.3) is 11.5 Å². The van der Waals surface area contributed by atoms with Crippen LogP contribution >= 0.6 is 0 Å². The Bertz CT molecular complexity index is 1040. The van der Waals surface area contributed by atoms with Crippen LogP contribution in [0.4, 0.5) is 0 Å². The molecule has 0 aliphatic carbocycles. The first-order valence-electron chi connectivity index (χ1n) is 9.68. The number of aliphatic hydroxyl groups is 3. The molecule has 0 aromatic carbocycles. The van der Waals surface area contributed by atoms with E-state index in [1.165, 1.54) is 14.2 Å². The standard InChI is InChI=1S/C18H24N4O11/c1-20-15(28)7-5-6(23)9(25)17(31-7)33-13(14(19)27)12-11(30-2)10(26)16(32-12)22-4-3-8(24)21-18(22)29/h3-6,9-13,16-17,23,25-26H,1-2H3,(H2,19,27)(H,20,28)(H,21,24,29)/t6-,9-,10+,11-,12-,13+,16+,17+/m0/s1. The predicted molar refractivity (Wildman–Crippen MR) is 105 cm³/mol. The molecule has 2 aliphatic heterocycles. The van der Waals surface area contributed by atoms with E-state index in [4.69, 9.17) is 24.7 Å². The van der Waals surface area contributed by atoms with Gasteiger partial charge in [-0.05, 0) is 6.08 Å². The molecule has 1 saturated heterocycles. The molecule has 2 aliphatic rings. The Kier molecular flexibility index (Phi) is 7.31. The number of hydrogen-bond donors (Lipinski definition) is 6. The van der Waals surface area contributed by atoms with Crippen LogP contribution in [-0.4, -0.2) is 93.8 Å². The Balaban J connectivity index is 1.88. The fraction of sp³-hybridized carbons (Fsp3) is 0.556. The third-order valence-corrected chi connectivity index (χ3v) is 5.15. The van der Waals surface area contributed by atoms with Crippen molar-refractivity contribution < 1.29 is 43.9 Å². The average molecular weight is 472 g/mol. The van der Waals surface area contributed by atoms with Crippen LogP contribution in [0, 0.1) is 0 Å². The van der Waals surface area contributed by atoms with Gasteiger partial charge >= 0.3 is 5.69 Å². The van der Waals surface area contributed by atoms with Crippen LogP contribution in [0.3, 0.4) is 0 Å². The normalized spacial score (nSPS) is 32.5. The summed E-state index contributed by atoms with van der Waals surface area (Å²) in [6.45, 7) is 0. The molecule has 15 nitrogen and oxygen atoms in total. The van der Waals surface area contributed by atoms with Gasteiger partial charge in [-0.1, -0.05) is 0 Å². The Morgan fingerprint density at radius 2 is 1.97 bits per heavy atom. The van der Waals surface area contributed by atoms with E-state index in [9.17, 15) is 34.5 Å². The average Bonchev–Trinajstić information content (AvgIpc) is 3.09. The Labute approximate surface area is 185 Å². The van der Waals surface area contributed by atoms with Crippen molar-refractivity contribution in [3.05, 3.63) is 44.9 Å². The van der Waals surface area contributed by atoms with Crippen molar-refractivity contribution in [1.82, 2.24) is 14.9 Å². The summed E-state index contributed by atoms with van der Waals surface area (Å²) < 4.78 is 22.5. The van der Waals surface area contributed by atoms with Crippen molar-refractivity contribution in [3.8, 4) is 0 Å². The molecule has 2 amide bonds. The van der Waals surface area contributed by atoms with E-state index in [0.717, 1.165) is 22.9 Å². The van der Waals surface area contributed by atoms with E-state index >= 15 is 0 Å². The Morgan fingerprint density at radius 3 is 2.55 bits per heavy atom. The number of carbonyl (C=O) groups is 2. The fourth-order valence-electron chi connectivity index (χ4n) is 3.51. The summed E-state index contributed by atoms with van der Waals surface area (Å²) in [6.07, 6.45) is -10.3. The van der Waals surface area contributed by atoms with Gasteiger partial charge in [0.1, 0.15) is 30.5 Å². The SMILES string of the molecule is CNC(=O)C1=C[C@H](O)[C@H](O)[C@@H](O[C@@H](C(N)=O)[C@H]2O[C@@H](n3ccc(=O)[nH]c3=O)[C@H](O)[C@@H]2OC)O1. The third kappa shape index (κ3) is 4.82. The van der Waals surface area contributed by atoms with Gasteiger partial charge in [0.15, 0.2) is 18.1 Å². The van der Waals surface area contributed by atoms with Crippen LogP contribution in [0.5, 0.6) is 0 Å². The van der Waals surface area contributed by atoms with Crippen molar-refractivity contribution in [2.75, 3.05) is 14.2 Å². The van der Waals surface area contributed by atoms with Crippen molar-refractivity contribution in [2.24, 2.45) is 5.73 Å². The van der Waals surface area contributed by atoms with Crippen molar-refractivity contribution >= 4 is 11.8 Å². The molecule has 1 aromatic heterocycles. The lowest BCUT2D eigenvalue weighted by molar-refractivity contribution is -0.241. The summed E-state index contributed by atoms with van der Waals surface area (Å²) in [7, 11) is 2.50. The van der Waals surface area contributed by atoms with E-state index < -0.39 is 72.2 Å². The Morgan fingerprint density at radius 1 is 1.27 bits per heavy atom. The number of carbonyl (C=O) groups excluding carboxylic acids is 2. The number of likely N-dealkylation sites (N-methyl/N-ethyl adjacent to an activating group) is 1. The molecule has 0 unspecified atom stereocenters. The minimum absolute atomic E-state index is 0.378. The lowest BCUT2D eigenvalue weighted by atomic mass is 10.0. The van der Waals surface area contributed by atoms with Gasteiger partial charge in [-0.25, -0.2) is 4.79 Å². The lowest BCUT2D eigenvalue weighted by Crippen LogP contribution is -2.54. The highest BCUT2D eigenvalue weighted by atomic mass is 16.7. The van der Waals surface area contributed by atoms with Gasteiger partial charge in [-0.3, -0.25) is 23.9 Å². The summed E-state index contributed by atoms with van der Waals surface area (Å²) in [4.78, 5) is 49.5. The van der Waals surface area contributed by atoms with Gasteiger partial charge < -0.3 is 45.3 Å². The molecular weight excluding hydrogens is 448 g/mol. The van der Waals surface area contributed by atoms with Crippen LogP contribution in [0.15, 0.2) is 33.7 Å². The smallest absolute Gasteiger partial charge is 0.330 e. The zero-order valence-corrected chi connectivity index (χ0v) is 17.5. The minimum Gasteiger partial charge on any atom is -0.456 e. The zero-order chi connectivity index (χ0) is 24.4. The molecule has 3 rings (SSSR count). The second-order valence-electron chi connectivity index (χ2n) is 7.24. The van der Waals surface area contributed by atoms with Gasteiger partial charge in [-0.2, -0.15) is 0 Å². The Hall–Kier alpha value is -3.08. The van der Waals surface area contributed by atoms with Gasteiger partial charge in [0.2, 0.25) is 12.2 Å². The van der Waals surface area contributed by atoms with Crippen LogP contribution in [0.1, 0.15) is 6.23 Å². The maximum absolute atomic E-state index is 12.2. The maximum atomic E-state index is 12.2. The van der Waals surface area contributed by atoms with Crippen molar-refractivity contribution in [3.63, 3.8) is 0 Å². The summed E-state index contributed by atoms with van der Waals surface area (Å²) in [5.41, 5.74) is 3.87. The number of rotatable bonds is 7. The molecule has 1 aromatic rings. The maximum Gasteiger partial charge on any atom is 0.330 e. The first kappa shape index (κ1) is 24.6. The van der Waals surface area contributed by atoms with Crippen LogP contribution in [-0.2, 0) is 28.5 Å². The summed E-state index contributed by atoms with van der Waals surface area (Å²) in [5.74, 6) is -2.23. The number of hydrogen-bond acceptors (Lipinski definition) is 11. The number of ether oxygens (including phenoxy) is 4. The highest BCUT2D eigenvalue weighted by molar-refractivity contribution is 5.91. The monoisotopic (exact) mass is 472 g/mol. The lowest BCUT2D eigenvalue weighted by Gasteiger charge is -2.34. The number of methoxy groups -OCH3 is 1. The molecule has 8 atom stereocenters. The molecule has 7 N–H and O–H groups in total. The first-order valence-corrected chi connectivity index (χ1v) is 9.68. The van der Waals surface area contributed by atoms with E-state index in [1.807, 2.05) is 4.98 Å². The fourth-order valence-corrected chi connectivity index (χ4v) is 3.51. The van der Waals surface area contributed by atoms with Crippen LogP contribution in [0.2, 0.25) is 0 Å². The van der Waals surface area contributed by atoms with E-state index in [1.54, 1.807) is 0 Å². The third-order valence-electron chi connectivity index (χ3n) is 5.15. The van der Waals surface area contributed by atoms with E-state index in [-0.39, 0.29) is 5.76 Å². The quantitative estimate of drug-likeness (QED) is 0.221. The van der Waals surface area contributed by atoms with Gasteiger partial charge in [0, 0.05) is 26.4 Å². The second kappa shape index (κ2) is 9.82. The summed E-state index contributed by atoms with van der Waals surface area (Å²) in [5, 5.41) is 33.2. The number of H-pyrrole nitrogens is 1. The number of aliphatic hydroxyl groups excluding tert-OH is 3. The molecule has 0 bridgehead atoms. The largest absolute Gasteiger partial charge is 0.456 e. The molecule has 0 saturated carbocycles. The molecule has 0 radical (unpaired) electrons. The number of primary amides is 1. The predicted octanol–water partition coefficient (Wildman–Crippen LogP) is -4.61. The van der Waals surface area contributed by atoms with Gasteiger partial charge in [-0.15, -0.1) is 0 Å². The number of aromatic amines is 1. The number of nitrogens with zero attached hydrogens (tertiary/aromatic N) is 1. The molecule has 0 spiro atoms.